The highest BCUT2D eigenvalue weighted by Gasteiger charge is 2.28. The van der Waals surface area contributed by atoms with Gasteiger partial charge in [-0.2, -0.15) is 4.98 Å². The maximum atomic E-state index is 6.23. The van der Waals surface area contributed by atoms with Gasteiger partial charge in [0.15, 0.2) is 5.82 Å². The molecule has 1 aliphatic heterocycles. The van der Waals surface area contributed by atoms with E-state index in [2.05, 4.69) is 45.8 Å². The Kier molecular flexibility index (Phi) is 5.58. The molecule has 0 saturated carbocycles. The van der Waals surface area contributed by atoms with E-state index in [0.717, 1.165) is 52.7 Å². The van der Waals surface area contributed by atoms with E-state index in [-0.39, 0.29) is 12.0 Å². The van der Waals surface area contributed by atoms with Crippen LogP contribution in [0.4, 0.5) is 6.01 Å². The Labute approximate surface area is 188 Å². The molecule has 4 aromatic rings. The maximum Gasteiger partial charge on any atom is 0.324 e. The zero-order valence-electron chi connectivity index (χ0n) is 17.7. The number of piperidine rings is 1. The minimum Gasteiger partial charge on any atom is -0.467 e. The van der Waals surface area contributed by atoms with Gasteiger partial charge >= 0.3 is 6.01 Å². The van der Waals surface area contributed by atoms with E-state index in [0.29, 0.717) is 17.1 Å². The van der Waals surface area contributed by atoms with Crippen LogP contribution in [-0.2, 0) is 0 Å². The summed E-state index contributed by atoms with van der Waals surface area (Å²) in [5.74, 6) is 1.48. The molecule has 4 aromatic heterocycles. The molecule has 0 bridgehead atoms. The van der Waals surface area contributed by atoms with E-state index in [1.165, 1.54) is 11.3 Å². The van der Waals surface area contributed by atoms with Crippen LogP contribution < -0.4 is 9.64 Å². The molecule has 0 spiro atoms. The Morgan fingerprint density at radius 2 is 1.97 bits per heavy atom. The van der Waals surface area contributed by atoms with E-state index < -0.39 is 0 Å². The summed E-state index contributed by atoms with van der Waals surface area (Å²) in [5, 5.41) is 4.75. The fourth-order valence-corrected chi connectivity index (χ4v) is 5.19. The van der Waals surface area contributed by atoms with Crippen LogP contribution in [-0.4, -0.2) is 44.3 Å². The monoisotopic (exact) mass is 456 g/mol. The van der Waals surface area contributed by atoms with Crippen molar-refractivity contribution in [2.45, 2.75) is 45.6 Å². The van der Waals surface area contributed by atoms with Gasteiger partial charge in [-0.05, 0) is 37.8 Å². The summed E-state index contributed by atoms with van der Waals surface area (Å²) in [7, 11) is 0. The molecule has 162 valence electrons. The van der Waals surface area contributed by atoms with Crippen molar-refractivity contribution in [1.82, 2.24) is 25.1 Å². The molecular weight excluding hydrogens is 432 g/mol. The first-order valence-electron chi connectivity index (χ1n) is 10.5. The van der Waals surface area contributed by atoms with Crippen molar-refractivity contribution in [1.29, 1.82) is 0 Å². The molecular formula is C21H24N6O2S2. The minimum atomic E-state index is 0.0811. The van der Waals surface area contributed by atoms with E-state index in [9.17, 15) is 0 Å². The van der Waals surface area contributed by atoms with Crippen LogP contribution in [0.2, 0.25) is 0 Å². The van der Waals surface area contributed by atoms with Crippen molar-refractivity contribution in [2.24, 2.45) is 5.92 Å². The largest absolute Gasteiger partial charge is 0.467 e. The van der Waals surface area contributed by atoms with Gasteiger partial charge in [0, 0.05) is 25.2 Å². The molecule has 31 heavy (non-hydrogen) atoms. The summed E-state index contributed by atoms with van der Waals surface area (Å²) in [5.41, 5.74) is 3.61. The van der Waals surface area contributed by atoms with Crippen LogP contribution in [0.5, 0.6) is 5.19 Å². The molecule has 0 aliphatic carbocycles. The highest BCUT2D eigenvalue weighted by Crippen LogP contribution is 2.33. The number of rotatable bonds is 6. The SMILES string of the molecule is CC(C)c1noc(N2CCC(C(C)Oc3nc4ccc(-c5cncs5)nc4s3)CC2)n1. The van der Waals surface area contributed by atoms with Crippen LogP contribution >= 0.6 is 22.7 Å². The van der Waals surface area contributed by atoms with Crippen molar-refractivity contribution in [3.8, 4) is 15.8 Å². The molecule has 5 heterocycles. The average Bonchev–Trinajstić information content (AvgIpc) is 3.53. The molecule has 5 rings (SSSR count). The maximum absolute atomic E-state index is 6.23. The summed E-state index contributed by atoms with van der Waals surface area (Å²) in [6, 6.07) is 4.62. The number of hydrogen-bond acceptors (Lipinski definition) is 10. The number of anilines is 1. The van der Waals surface area contributed by atoms with E-state index >= 15 is 0 Å². The van der Waals surface area contributed by atoms with E-state index in [1.54, 1.807) is 11.3 Å². The van der Waals surface area contributed by atoms with Crippen LogP contribution in [0.15, 0.2) is 28.4 Å². The molecule has 8 nitrogen and oxygen atoms in total. The molecule has 1 atom stereocenters. The van der Waals surface area contributed by atoms with Gasteiger partial charge in [-0.1, -0.05) is 30.3 Å². The number of nitrogens with zero attached hydrogens (tertiary/aromatic N) is 6. The predicted octanol–water partition coefficient (Wildman–Crippen LogP) is 5.01. The summed E-state index contributed by atoms with van der Waals surface area (Å²) >= 11 is 3.08. The van der Waals surface area contributed by atoms with Crippen molar-refractivity contribution in [3.63, 3.8) is 0 Å². The van der Waals surface area contributed by atoms with Gasteiger partial charge in [-0.3, -0.25) is 4.98 Å². The molecule has 1 fully saturated rings. The zero-order chi connectivity index (χ0) is 21.4. The molecule has 10 heteroatoms. The van der Waals surface area contributed by atoms with Gasteiger partial charge in [0.25, 0.3) is 5.19 Å². The lowest BCUT2D eigenvalue weighted by Gasteiger charge is -2.33. The van der Waals surface area contributed by atoms with Crippen molar-refractivity contribution >= 4 is 39.0 Å². The van der Waals surface area contributed by atoms with Gasteiger partial charge in [0.2, 0.25) is 0 Å². The first kappa shape index (κ1) is 20.3. The number of ether oxygens (including phenoxy) is 1. The number of thiazole rings is 2. The molecule has 1 aliphatic rings. The molecule has 0 amide bonds. The van der Waals surface area contributed by atoms with Crippen LogP contribution in [0, 0.1) is 5.92 Å². The zero-order valence-corrected chi connectivity index (χ0v) is 19.3. The van der Waals surface area contributed by atoms with Crippen LogP contribution in [0.25, 0.3) is 20.9 Å². The topological polar surface area (TPSA) is 90.1 Å². The summed E-state index contributed by atoms with van der Waals surface area (Å²) < 4.78 is 11.7. The first-order chi connectivity index (χ1) is 15.1. The van der Waals surface area contributed by atoms with E-state index in [1.807, 2.05) is 23.8 Å². The lowest BCUT2D eigenvalue weighted by molar-refractivity contribution is 0.131. The third-order valence-corrected chi connectivity index (χ3v) is 7.28. The van der Waals surface area contributed by atoms with Crippen molar-refractivity contribution < 1.29 is 9.26 Å². The third kappa shape index (κ3) is 4.27. The molecule has 0 radical (unpaired) electrons. The number of aromatic nitrogens is 5. The van der Waals surface area contributed by atoms with Gasteiger partial charge in [0.05, 0.1) is 16.1 Å². The smallest absolute Gasteiger partial charge is 0.324 e. The third-order valence-electron chi connectivity index (χ3n) is 5.63. The first-order valence-corrected chi connectivity index (χ1v) is 12.2. The average molecular weight is 457 g/mol. The summed E-state index contributed by atoms with van der Waals surface area (Å²) in [6.07, 6.45) is 3.94. The molecule has 1 saturated heterocycles. The lowest BCUT2D eigenvalue weighted by Crippen LogP contribution is -2.38. The normalized spacial score (nSPS) is 16.3. The van der Waals surface area contributed by atoms with Crippen LogP contribution in [0.1, 0.15) is 45.4 Å². The predicted molar refractivity (Wildman–Crippen MR) is 122 cm³/mol. The number of hydrogen-bond donors (Lipinski definition) is 0. The lowest BCUT2D eigenvalue weighted by atomic mass is 9.92. The Hall–Kier alpha value is -2.59. The second kappa shape index (κ2) is 8.51. The number of pyridine rings is 1. The second-order valence-electron chi connectivity index (χ2n) is 8.10. The Morgan fingerprint density at radius 3 is 2.68 bits per heavy atom. The Morgan fingerprint density at radius 1 is 1.13 bits per heavy atom. The van der Waals surface area contributed by atoms with Gasteiger partial charge in [0.1, 0.15) is 16.5 Å². The minimum absolute atomic E-state index is 0.0811. The summed E-state index contributed by atoms with van der Waals surface area (Å²) in [6.45, 7) is 8.04. The van der Waals surface area contributed by atoms with Crippen LogP contribution in [0.3, 0.4) is 0 Å². The number of fused-ring (bicyclic) bond motifs is 1. The molecule has 0 aromatic carbocycles. The summed E-state index contributed by atoms with van der Waals surface area (Å²) in [4.78, 5) is 22.1. The highest BCUT2D eigenvalue weighted by molar-refractivity contribution is 7.19. The highest BCUT2D eigenvalue weighted by atomic mass is 32.1. The molecule has 0 N–H and O–H groups in total. The van der Waals surface area contributed by atoms with Crippen molar-refractivity contribution in [3.05, 3.63) is 29.7 Å². The fourth-order valence-electron chi connectivity index (χ4n) is 3.73. The van der Waals surface area contributed by atoms with Gasteiger partial charge in [-0.25, -0.2) is 9.97 Å². The standard InChI is InChI=1S/C21H24N6O2S2/c1-12(2)18-25-20(29-26-18)27-8-6-14(7-9-27)13(3)28-21-24-16-5-4-15(23-19(16)31-21)17-10-22-11-30-17/h4-5,10-14H,6-9H2,1-3H3. The van der Waals surface area contributed by atoms with Crippen molar-refractivity contribution in [2.75, 3.05) is 18.0 Å². The van der Waals surface area contributed by atoms with Gasteiger partial charge in [-0.15, -0.1) is 11.3 Å². The van der Waals surface area contributed by atoms with Gasteiger partial charge < -0.3 is 14.2 Å². The Bertz CT molecular complexity index is 1150. The van der Waals surface area contributed by atoms with E-state index in [4.69, 9.17) is 14.2 Å². The quantitative estimate of drug-likeness (QED) is 0.400. The molecule has 1 unspecified atom stereocenters. The fraction of sp³-hybridized carbons (Fsp3) is 0.476. The Balaban J connectivity index is 1.21. The second-order valence-corrected chi connectivity index (χ2v) is 9.93.